The van der Waals surface area contributed by atoms with Crippen molar-refractivity contribution in [1.29, 1.82) is 0 Å². The first kappa shape index (κ1) is 16.7. The zero-order valence-corrected chi connectivity index (χ0v) is 14.7. The molecule has 3 rings (SSSR count). The minimum absolute atomic E-state index is 0. The number of carbonyl (C=O) groups is 1. The van der Waals surface area contributed by atoms with E-state index in [1.54, 1.807) is 11.3 Å². The van der Waals surface area contributed by atoms with E-state index in [4.69, 9.17) is 0 Å². The first-order chi connectivity index (χ1) is 9.72. The van der Waals surface area contributed by atoms with Gasteiger partial charge in [0.05, 0.1) is 15.2 Å². The second-order valence-electron chi connectivity index (χ2n) is 4.85. The van der Waals surface area contributed by atoms with Crippen LogP contribution < -0.4 is 5.32 Å². The fourth-order valence-electron chi connectivity index (χ4n) is 2.34. The SMILES string of the molecule is Cl.O=C(CCc1nc2cc(Br)ccc2s1)N1CCNCC1. The van der Waals surface area contributed by atoms with Gasteiger partial charge in [-0.15, -0.1) is 23.7 Å². The number of halogens is 2. The summed E-state index contributed by atoms with van der Waals surface area (Å²) in [5.74, 6) is 0.243. The van der Waals surface area contributed by atoms with Gasteiger partial charge in [0, 0.05) is 43.5 Å². The lowest BCUT2D eigenvalue weighted by molar-refractivity contribution is -0.131. The number of fused-ring (bicyclic) bond motifs is 1. The van der Waals surface area contributed by atoms with Crippen LogP contribution in [0.5, 0.6) is 0 Å². The van der Waals surface area contributed by atoms with E-state index in [1.807, 2.05) is 17.0 Å². The maximum absolute atomic E-state index is 12.1. The van der Waals surface area contributed by atoms with Gasteiger partial charge in [-0.25, -0.2) is 4.98 Å². The third-order valence-corrected chi connectivity index (χ3v) is 5.01. The molecule has 1 N–H and O–H groups in total. The first-order valence-electron chi connectivity index (χ1n) is 6.76. The van der Waals surface area contributed by atoms with Gasteiger partial charge in [0.1, 0.15) is 0 Å². The smallest absolute Gasteiger partial charge is 0.223 e. The standard InChI is InChI=1S/C14H16BrN3OS.ClH/c15-10-1-2-12-11(9-10)17-13(20-12)3-4-14(19)18-7-5-16-6-8-18;/h1-2,9,16H,3-8H2;1H. The van der Waals surface area contributed by atoms with Crippen LogP contribution in [0.4, 0.5) is 0 Å². The molecule has 1 fully saturated rings. The second kappa shape index (κ2) is 7.54. The maximum Gasteiger partial charge on any atom is 0.223 e. The molecule has 2 aromatic rings. The molecule has 0 saturated carbocycles. The molecule has 1 amide bonds. The number of aryl methyl sites for hydroxylation is 1. The predicted molar refractivity (Wildman–Crippen MR) is 92.3 cm³/mol. The molecule has 0 radical (unpaired) electrons. The Kier molecular flexibility index (Phi) is 5.98. The number of amides is 1. The quantitative estimate of drug-likeness (QED) is 0.876. The van der Waals surface area contributed by atoms with Crippen molar-refractivity contribution in [2.75, 3.05) is 26.2 Å². The van der Waals surface area contributed by atoms with Gasteiger partial charge in [-0.05, 0) is 18.2 Å². The Labute approximate surface area is 142 Å². The van der Waals surface area contributed by atoms with E-state index in [9.17, 15) is 4.79 Å². The number of benzene rings is 1. The highest BCUT2D eigenvalue weighted by molar-refractivity contribution is 9.10. The van der Waals surface area contributed by atoms with Gasteiger partial charge in [-0.3, -0.25) is 4.79 Å². The number of nitrogens with one attached hydrogen (secondary N) is 1. The van der Waals surface area contributed by atoms with Crippen molar-refractivity contribution in [3.8, 4) is 0 Å². The second-order valence-corrected chi connectivity index (χ2v) is 6.88. The van der Waals surface area contributed by atoms with Crippen LogP contribution in [-0.2, 0) is 11.2 Å². The van der Waals surface area contributed by atoms with Gasteiger partial charge in [-0.2, -0.15) is 0 Å². The van der Waals surface area contributed by atoms with Crippen LogP contribution in [0.2, 0.25) is 0 Å². The van der Waals surface area contributed by atoms with E-state index in [-0.39, 0.29) is 18.3 Å². The molecule has 0 atom stereocenters. The van der Waals surface area contributed by atoms with Crippen LogP contribution in [0.15, 0.2) is 22.7 Å². The summed E-state index contributed by atoms with van der Waals surface area (Å²) in [5.41, 5.74) is 1.01. The van der Waals surface area contributed by atoms with Crippen molar-refractivity contribution in [1.82, 2.24) is 15.2 Å². The largest absolute Gasteiger partial charge is 0.340 e. The Morgan fingerprint density at radius 2 is 2.14 bits per heavy atom. The van der Waals surface area contributed by atoms with Crippen LogP contribution in [-0.4, -0.2) is 42.0 Å². The fourth-order valence-corrected chi connectivity index (χ4v) is 3.64. The number of hydrogen-bond donors (Lipinski definition) is 1. The molecule has 0 aliphatic carbocycles. The molecular weight excluding hydrogens is 374 g/mol. The van der Waals surface area contributed by atoms with Crippen molar-refractivity contribution in [2.45, 2.75) is 12.8 Å². The summed E-state index contributed by atoms with van der Waals surface area (Å²) in [4.78, 5) is 18.6. The van der Waals surface area contributed by atoms with Gasteiger partial charge in [0.2, 0.25) is 5.91 Å². The van der Waals surface area contributed by atoms with Crippen LogP contribution >= 0.6 is 39.7 Å². The van der Waals surface area contributed by atoms with E-state index in [0.717, 1.165) is 47.6 Å². The Morgan fingerprint density at radius 3 is 2.90 bits per heavy atom. The van der Waals surface area contributed by atoms with Crippen molar-refractivity contribution >= 4 is 55.8 Å². The molecule has 2 heterocycles. The third-order valence-electron chi connectivity index (χ3n) is 3.42. The Morgan fingerprint density at radius 1 is 1.38 bits per heavy atom. The summed E-state index contributed by atoms with van der Waals surface area (Å²) in [6.45, 7) is 3.46. The number of piperazine rings is 1. The average molecular weight is 391 g/mol. The average Bonchev–Trinajstić information content (AvgIpc) is 2.87. The minimum atomic E-state index is 0. The van der Waals surface area contributed by atoms with E-state index in [2.05, 4.69) is 32.3 Å². The minimum Gasteiger partial charge on any atom is -0.340 e. The van der Waals surface area contributed by atoms with E-state index in [1.165, 1.54) is 4.70 Å². The normalized spacial score (nSPS) is 15.0. The van der Waals surface area contributed by atoms with Crippen molar-refractivity contribution in [2.24, 2.45) is 0 Å². The zero-order valence-electron chi connectivity index (χ0n) is 11.5. The summed E-state index contributed by atoms with van der Waals surface area (Å²) in [6.07, 6.45) is 1.29. The fraction of sp³-hybridized carbons (Fsp3) is 0.429. The van der Waals surface area contributed by atoms with Gasteiger partial charge in [0.15, 0.2) is 0 Å². The third kappa shape index (κ3) is 4.16. The summed E-state index contributed by atoms with van der Waals surface area (Å²) >= 11 is 5.13. The lowest BCUT2D eigenvalue weighted by Crippen LogP contribution is -2.46. The summed E-state index contributed by atoms with van der Waals surface area (Å²) in [6, 6.07) is 6.11. The molecule has 0 spiro atoms. The highest BCUT2D eigenvalue weighted by Crippen LogP contribution is 2.25. The molecule has 1 aromatic carbocycles. The number of rotatable bonds is 3. The van der Waals surface area contributed by atoms with Gasteiger partial charge >= 0.3 is 0 Å². The number of nitrogens with zero attached hydrogens (tertiary/aromatic N) is 2. The predicted octanol–water partition coefficient (Wildman–Crippen LogP) is 2.85. The highest BCUT2D eigenvalue weighted by Gasteiger charge is 2.16. The molecule has 1 aromatic heterocycles. The van der Waals surface area contributed by atoms with Gasteiger partial charge < -0.3 is 10.2 Å². The van der Waals surface area contributed by atoms with Gasteiger partial charge in [-0.1, -0.05) is 15.9 Å². The Bertz CT molecular complexity index is 628. The zero-order chi connectivity index (χ0) is 13.9. The maximum atomic E-state index is 12.1. The monoisotopic (exact) mass is 389 g/mol. The number of thiazole rings is 1. The Hall–Kier alpha value is -0.690. The molecule has 7 heteroatoms. The highest BCUT2D eigenvalue weighted by atomic mass is 79.9. The molecule has 114 valence electrons. The molecule has 0 unspecified atom stereocenters. The van der Waals surface area contributed by atoms with E-state index < -0.39 is 0 Å². The van der Waals surface area contributed by atoms with Crippen LogP contribution in [0, 0.1) is 0 Å². The van der Waals surface area contributed by atoms with Crippen LogP contribution in [0.25, 0.3) is 10.2 Å². The summed E-state index contributed by atoms with van der Waals surface area (Å²) in [5, 5.41) is 4.30. The van der Waals surface area contributed by atoms with Crippen molar-refractivity contribution in [3.63, 3.8) is 0 Å². The van der Waals surface area contributed by atoms with E-state index >= 15 is 0 Å². The summed E-state index contributed by atoms with van der Waals surface area (Å²) < 4.78 is 2.22. The molecule has 1 aliphatic rings. The van der Waals surface area contributed by atoms with Gasteiger partial charge in [0.25, 0.3) is 0 Å². The number of hydrogen-bond acceptors (Lipinski definition) is 4. The summed E-state index contributed by atoms with van der Waals surface area (Å²) in [7, 11) is 0. The number of carbonyl (C=O) groups excluding carboxylic acids is 1. The van der Waals surface area contributed by atoms with Crippen LogP contribution in [0.1, 0.15) is 11.4 Å². The molecule has 1 aliphatic heterocycles. The molecule has 0 bridgehead atoms. The molecular formula is C14H17BrClN3OS. The molecule has 4 nitrogen and oxygen atoms in total. The topological polar surface area (TPSA) is 45.2 Å². The molecule has 1 saturated heterocycles. The van der Waals surface area contributed by atoms with Crippen LogP contribution in [0.3, 0.4) is 0 Å². The lowest BCUT2D eigenvalue weighted by Gasteiger charge is -2.27. The first-order valence-corrected chi connectivity index (χ1v) is 8.37. The van der Waals surface area contributed by atoms with Crippen molar-refractivity contribution in [3.05, 3.63) is 27.7 Å². The lowest BCUT2D eigenvalue weighted by atomic mass is 10.2. The van der Waals surface area contributed by atoms with E-state index in [0.29, 0.717) is 6.42 Å². The van der Waals surface area contributed by atoms with Crippen molar-refractivity contribution < 1.29 is 4.79 Å². The number of aromatic nitrogens is 1. The molecule has 21 heavy (non-hydrogen) atoms. The Balaban J connectivity index is 0.00000161.